The van der Waals surface area contributed by atoms with Gasteiger partial charge in [-0.05, 0) is 42.3 Å². The Hall–Kier alpha value is -2.34. The number of nitrogens with zero attached hydrogens (tertiary/aromatic N) is 2. The third kappa shape index (κ3) is 6.83. The predicted octanol–water partition coefficient (Wildman–Crippen LogP) is 3.96. The second-order valence-corrected chi connectivity index (χ2v) is 7.16. The number of alkyl halides is 3. The van der Waals surface area contributed by atoms with Crippen molar-refractivity contribution in [2.45, 2.75) is 25.7 Å². The van der Waals surface area contributed by atoms with Gasteiger partial charge in [0.15, 0.2) is 5.96 Å². The SMILES string of the molecule is CCNC(=NCc1ccc(C(N)=O)cc1)N1CCOC(c2cccc(C(F)(F)F)c2)C1.I. The van der Waals surface area contributed by atoms with Crippen molar-refractivity contribution in [1.29, 1.82) is 0 Å². The highest BCUT2D eigenvalue weighted by Crippen LogP contribution is 2.32. The number of benzene rings is 2. The van der Waals surface area contributed by atoms with Gasteiger partial charge in [-0.3, -0.25) is 4.79 Å². The third-order valence-corrected chi connectivity index (χ3v) is 4.94. The van der Waals surface area contributed by atoms with Gasteiger partial charge in [-0.15, -0.1) is 24.0 Å². The van der Waals surface area contributed by atoms with Gasteiger partial charge in [0.25, 0.3) is 0 Å². The first-order valence-electron chi connectivity index (χ1n) is 9.98. The lowest BCUT2D eigenvalue weighted by Gasteiger charge is -2.35. The first kappa shape index (κ1) is 25.9. The van der Waals surface area contributed by atoms with Gasteiger partial charge in [-0.1, -0.05) is 24.3 Å². The maximum atomic E-state index is 13.1. The summed E-state index contributed by atoms with van der Waals surface area (Å²) in [5, 5.41) is 3.23. The van der Waals surface area contributed by atoms with Crippen molar-refractivity contribution < 1.29 is 22.7 Å². The molecule has 10 heteroatoms. The van der Waals surface area contributed by atoms with Gasteiger partial charge in [0.05, 0.1) is 25.3 Å². The zero-order chi connectivity index (χ0) is 22.4. The van der Waals surface area contributed by atoms with Crippen LogP contribution in [0.3, 0.4) is 0 Å². The number of amides is 1. The first-order chi connectivity index (χ1) is 14.8. The predicted molar refractivity (Wildman–Crippen MR) is 127 cm³/mol. The molecule has 1 amide bonds. The Morgan fingerprint density at radius 3 is 2.59 bits per heavy atom. The number of carbonyl (C=O) groups is 1. The monoisotopic (exact) mass is 562 g/mol. The Labute approximate surface area is 202 Å². The zero-order valence-corrected chi connectivity index (χ0v) is 19.9. The standard InChI is InChI=1S/C22H25F3N4O2.HI/c1-2-27-21(28-13-15-6-8-16(9-7-15)20(26)30)29-10-11-31-19(14-29)17-4-3-5-18(12-17)22(23,24)25;/h3-9,12,19H,2,10-11,13-14H2,1H3,(H2,26,30)(H,27,28);1H. The topological polar surface area (TPSA) is 79.9 Å². The summed E-state index contributed by atoms with van der Waals surface area (Å²) in [4.78, 5) is 17.8. The van der Waals surface area contributed by atoms with Crippen LogP contribution < -0.4 is 11.1 Å². The number of morpholine rings is 1. The van der Waals surface area contributed by atoms with Gasteiger partial charge in [0, 0.05) is 18.7 Å². The number of nitrogens with two attached hydrogens (primary N) is 1. The average molecular weight is 562 g/mol. The van der Waals surface area contributed by atoms with E-state index in [1.807, 2.05) is 11.8 Å². The van der Waals surface area contributed by atoms with E-state index in [0.717, 1.165) is 17.7 Å². The van der Waals surface area contributed by atoms with Crippen LogP contribution in [0.4, 0.5) is 13.2 Å². The maximum absolute atomic E-state index is 13.1. The lowest BCUT2D eigenvalue weighted by molar-refractivity contribution is -0.137. The quantitative estimate of drug-likeness (QED) is 0.329. The van der Waals surface area contributed by atoms with Gasteiger partial charge in [0.2, 0.25) is 5.91 Å². The molecule has 1 heterocycles. The Balaban J connectivity index is 0.00000363. The molecule has 0 aromatic heterocycles. The van der Waals surface area contributed by atoms with Crippen LogP contribution in [0.2, 0.25) is 0 Å². The van der Waals surface area contributed by atoms with Crippen molar-refractivity contribution >= 4 is 35.8 Å². The summed E-state index contributed by atoms with van der Waals surface area (Å²) < 4.78 is 44.9. The van der Waals surface area contributed by atoms with Crippen LogP contribution in [0.15, 0.2) is 53.5 Å². The van der Waals surface area contributed by atoms with E-state index in [1.165, 1.54) is 6.07 Å². The minimum absolute atomic E-state index is 0. The number of hydrogen-bond acceptors (Lipinski definition) is 3. The summed E-state index contributed by atoms with van der Waals surface area (Å²) >= 11 is 0. The maximum Gasteiger partial charge on any atom is 0.416 e. The molecule has 1 aliphatic heterocycles. The summed E-state index contributed by atoms with van der Waals surface area (Å²) in [7, 11) is 0. The van der Waals surface area contributed by atoms with E-state index in [4.69, 9.17) is 10.5 Å². The molecule has 6 nitrogen and oxygen atoms in total. The molecule has 0 saturated carbocycles. The van der Waals surface area contributed by atoms with E-state index in [1.54, 1.807) is 30.3 Å². The summed E-state index contributed by atoms with van der Waals surface area (Å²) in [6.45, 7) is 4.30. The molecule has 0 radical (unpaired) electrons. The van der Waals surface area contributed by atoms with Crippen LogP contribution in [0, 0.1) is 0 Å². The number of guanidine groups is 1. The van der Waals surface area contributed by atoms with Crippen LogP contribution in [0.25, 0.3) is 0 Å². The molecule has 2 aromatic carbocycles. The second-order valence-electron chi connectivity index (χ2n) is 7.16. The minimum Gasteiger partial charge on any atom is -0.370 e. The van der Waals surface area contributed by atoms with E-state index in [-0.39, 0.29) is 24.0 Å². The minimum atomic E-state index is -4.40. The molecule has 1 fully saturated rings. The fraction of sp³-hybridized carbons (Fsp3) is 0.364. The zero-order valence-electron chi connectivity index (χ0n) is 17.6. The molecule has 1 atom stereocenters. The fourth-order valence-corrected chi connectivity index (χ4v) is 3.32. The summed E-state index contributed by atoms with van der Waals surface area (Å²) in [5.74, 6) is 0.166. The second kappa shape index (κ2) is 11.5. The Morgan fingerprint density at radius 2 is 1.97 bits per heavy atom. The van der Waals surface area contributed by atoms with Gasteiger partial charge < -0.3 is 20.7 Å². The summed E-state index contributed by atoms with van der Waals surface area (Å²) in [5.41, 5.74) is 6.39. The van der Waals surface area contributed by atoms with E-state index in [0.29, 0.717) is 49.9 Å². The van der Waals surface area contributed by atoms with Crippen molar-refractivity contribution in [3.8, 4) is 0 Å². The number of halogens is 4. The van der Waals surface area contributed by atoms with Gasteiger partial charge in [-0.2, -0.15) is 13.2 Å². The first-order valence-corrected chi connectivity index (χ1v) is 9.98. The molecular formula is C22H26F3IN4O2. The van der Waals surface area contributed by atoms with Crippen LogP contribution >= 0.6 is 24.0 Å². The van der Waals surface area contributed by atoms with Crippen molar-refractivity contribution in [2.24, 2.45) is 10.7 Å². The van der Waals surface area contributed by atoms with Gasteiger partial charge >= 0.3 is 6.18 Å². The lowest BCUT2D eigenvalue weighted by atomic mass is 10.0. The van der Waals surface area contributed by atoms with E-state index in [9.17, 15) is 18.0 Å². The van der Waals surface area contributed by atoms with E-state index in [2.05, 4.69) is 10.3 Å². The van der Waals surface area contributed by atoms with E-state index < -0.39 is 23.8 Å². The van der Waals surface area contributed by atoms with Crippen molar-refractivity contribution in [1.82, 2.24) is 10.2 Å². The van der Waals surface area contributed by atoms with Crippen LogP contribution in [-0.4, -0.2) is 43.0 Å². The van der Waals surface area contributed by atoms with Crippen molar-refractivity contribution in [3.63, 3.8) is 0 Å². The number of ether oxygens (including phenoxy) is 1. The number of aliphatic imine (C=N–C) groups is 1. The number of rotatable bonds is 5. The molecule has 0 spiro atoms. The normalized spacial score (nSPS) is 16.9. The molecule has 1 aliphatic rings. The Kier molecular flexibility index (Phi) is 9.32. The number of hydrogen-bond donors (Lipinski definition) is 2. The molecule has 0 aliphatic carbocycles. The lowest BCUT2D eigenvalue weighted by Crippen LogP contribution is -2.48. The van der Waals surface area contributed by atoms with Crippen LogP contribution in [0.1, 0.15) is 40.1 Å². The molecule has 174 valence electrons. The van der Waals surface area contributed by atoms with Crippen molar-refractivity contribution in [2.75, 3.05) is 26.2 Å². The van der Waals surface area contributed by atoms with Crippen LogP contribution in [-0.2, 0) is 17.5 Å². The molecule has 2 aromatic rings. The number of carbonyl (C=O) groups excluding carboxylic acids is 1. The molecular weight excluding hydrogens is 536 g/mol. The largest absolute Gasteiger partial charge is 0.416 e. The highest BCUT2D eigenvalue weighted by atomic mass is 127. The van der Waals surface area contributed by atoms with E-state index >= 15 is 0 Å². The van der Waals surface area contributed by atoms with Crippen molar-refractivity contribution in [3.05, 3.63) is 70.8 Å². The third-order valence-electron chi connectivity index (χ3n) is 4.94. The highest BCUT2D eigenvalue weighted by molar-refractivity contribution is 14.0. The summed E-state index contributed by atoms with van der Waals surface area (Å²) in [6.07, 6.45) is -4.89. The molecule has 3 N–H and O–H groups in total. The number of nitrogens with one attached hydrogen (secondary N) is 1. The van der Waals surface area contributed by atoms with Crippen LogP contribution in [0.5, 0.6) is 0 Å². The molecule has 1 saturated heterocycles. The van der Waals surface area contributed by atoms with Gasteiger partial charge in [-0.25, -0.2) is 4.99 Å². The molecule has 32 heavy (non-hydrogen) atoms. The molecule has 3 rings (SSSR count). The smallest absolute Gasteiger partial charge is 0.370 e. The Bertz CT molecular complexity index is 936. The van der Waals surface area contributed by atoms with Gasteiger partial charge in [0.1, 0.15) is 6.10 Å². The molecule has 0 bridgehead atoms. The Morgan fingerprint density at radius 1 is 1.25 bits per heavy atom. The summed E-state index contributed by atoms with van der Waals surface area (Å²) in [6, 6.07) is 12.1. The number of primary amides is 1. The molecule has 1 unspecified atom stereocenters. The fourth-order valence-electron chi connectivity index (χ4n) is 3.32. The highest BCUT2D eigenvalue weighted by Gasteiger charge is 2.32. The average Bonchev–Trinajstić information content (AvgIpc) is 2.76.